The van der Waals surface area contributed by atoms with Crippen molar-refractivity contribution in [3.05, 3.63) is 33.9 Å². The summed E-state index contributed by atoms with van der Waals surface area (Å²) in [7, 11) is 0. The first-order valence-electron chi connectivity index (χ1n) is 7.06. The second kappa shape index (κ2) is 8.31. The summed E-state index contributed by atoms with van der Waals surface area (Å²) >= 11 is 2.29. The van der Waals surface area contributed by atoms with E-state index < -0.39 is 28.3 Å². The van der Waals surface area contributed by atoms with Gasteiger partial charge in [-0.2, -0.15) is 13.2 Å². The van der Waals surface area contributed by atoms with Crippen LogP contribution in [0.4, 0.5) is 29.7 Å². The summed E-state index contributed by atoms with van der Waals surface area (Å²) in [5, 5.41) is 24.5. The van der Waals surface area contributed by atoms with E-state index in [0.717, 1.165) is 17.8 Å². The fourth-order valence-electron chi connectivity index (χ4n) is 1.77. The van der Waals surface area contributed by atoms with Crippen LogP contribution in [0.15, 0.2) is 22.5 Å². The number of nitro benzene ring substituents is 1. The van der Waals surface area contributed by atoms with Crippen molar-refractivity contribution in [1.29, 1.82) is 0 Å². The normalized spacial score (nSPS) is 11.2. The number of nitro groups is 1. The Morgan fingerprint density at radius 3 is 2.73 bits per heavy atom. The summed E-state index contributed by atoms with van der Waals surface area (Å²) in [5.41, 5.74) is -2.30. The number of rotatable bonds is 7. The molecule has 0 spiro atoms. The molecule has 1 heterocycles. The van der Waals surface area contributed by atoms with E-state index in [2.05, 4.69) is 20.8 Å². The fourth-order valence-corrected chi connectivity index (χ4v) is 3.39. The third-order valence-electron chi connectivity index (χ3n) is 2.86. The number of anilines is 2. The molecule has 140 valence electrons. The van der Waals surface area contributed by atoms with Gasteiger partial charge in [0.2, 0.25) is 11.0 Å². The number of aromatic nitrogens is 2. The Labute approximate surface area is 153 Å². The zero-order valence-corrected chi connectivity index (χ0v) is 14.8. The van der Waals surface area contributed by atoms with E-state index in [1.807, 2.05) is 6.92 Å². The SMILES string of the molecule is CCNc1nnc(SCC(=O)Nc2ccc(C(F)(F)F)cc2[N+](=O)[O-])s1. The first-order valence-corrected chi connectivity index (χ1v) is 8.86. The van der Waals surface area contributed by atoms with Crippen LogP contribution in [0.1, 0.15) is 12.5 Å². The molecule has 0 unspecified atom stereocenters. The number of halogens is 3. The zero-order chi connectivity index (χ0) is 19.3. The largest absolute Gasteiger partial charge is 0.416 e. The van der Waals surface area contributed by atoms with Crippen molar-refractivity contribution in [3.8, 4) is 0 Å². The minimum Gasteiger partial charge on any atom is -0.360 e. The van der Waals surface area contributed by atoms with E-state index >= 15 is 0 Å². The molecule has 0 radical (unpaired) electrons. The molecule has 8 nitrogen and oxygen atoms in total. The number of hydrogen-bond donors (Lipinski definition) is 2. The highest BCUT2D eigenvalue weighted by Crippen LogP contribution is 2.35. The lowest BCUT2D eigenvalue weighted by molar-refractivity contribution is -0.384. The number of amides is 1. The highest BCUT2D eigenvalue weighted by molar-refractivity contribution is 8.01. The number of nitrogens with one attached hydrogen (secondary N) is 2. The molecule has 0 bridgehead atoms. The second-order valence-corrected chi connectivity index (χ2v) is 6.93. The van der Waals surface area contributed by atoms with Gasteiger partial charge in [0.15, 0.2) is 4.34 Å². The Morgan fingerprint density at radius 2 is 2.12 bits per heavy atom. The third-order valence-corrected chi connectivity index (χ3v) is 4.87. The molecule has 2 aromatic rings. The van der Waals surface area contributed by atoms with Crippen LogP contribution < -0.4 is 10.6 Å². The number of nitrogens with zero attached hydrogens (tertiary/aromatic N) is 3. The number of alkyl halides is 3. The maximum Gasteiger partial charge on any atom is 0.416 e. The molecule has 0 saturated heterocycles. The molecule has 13 heteroatoms. The van der Waals surface area contributed by atoms with Crippen LogP contribution in [0.25, 0.3) is 0 Å². The van der Waals surface area contributed by atoms with Gasteiger partial charge in [-0.05, 0) is 19.1 Å². The Bertz CT molecular complexity index is 813. The van der Waals surface area contributed by atoms with Crippen LogP contribution in [-0.2, 0) is 11.0 Å². The minimum atomic E-state index is -4.72. The average molecular weight is 407 g/mol. The summed E-state index contributed by atoms with van der Waals surface area (Å²) < 4.78 is 38.5. The van der Waals surface area contributed by atoms with Gasteiger partial charge in [0.1, 0.15) is 5.69 Å². The molecule has 0 aliphatic carbocycles. The number of benzene rings is 1. The van der Waals surface area contributed by atoms with Gasteiger partial charge in [0, 0.05) is 12.6 Å². The summed E-state index contributed by atoms with van der Waals surface area (Å²) in [6, 6.07) is 1.91. The molecule has 0 saturated carbocycles. The van der Waals surface area contributed by atoms with Crippen LogP contribution in [-0.4, -0.2) is 33.3 Å². The Morgan fingerprint density at radius 1 is 1.38 bits per heavy atom. The molecule has 1 aromatic heterocycles. The first kappa shape index (κ1) is 19.9. The van der Waals surface area contributed by atoms with Gasteiger partial charge in [-0.15, -0.1) is 10.2 Å². The van der Waals surface area contributed by atoms with Crippen molar-refractivity contribution >= 4 is 45.5 Å². The number of hydrogen-bond acceptors (Lipinski definition) is 8. The third kappa shape index (κ3) is 5.29. The van der Waals surface area contributed by atoms with Crippen molar-refractivity contribution in [2.45, 2.75) is 17.4 Å². The van der Waals surface area contributed by atoms with E-state index in [4.69, 9.17) is 0 Å². The van der Waals surface area contributed by atoms with Crippen LogP contribution in [0, 0.1) is 10.1 Å². The van der Waals surface area contributed by atoms with Crippen LogP contribution in [0.3, 0.4) is 0 Å². The lowest BCUT2D eigenvalue weighted by Gasteiger charge is -2.09. The predicted octanol–water partition coefficient (Wildman–Crippen LogP) is 3.63. The summed E-state index contributed by atoms with van der Waals surface area (Å²) in [5.74, 6) is -0.739. The molecule has 26 heavy (non-hydrogen) atoms. The fraction of sp³-hybridized carbons (Fsp3) is 0.308. The lowest BCUT2D eigenvalue weighted by atomic mass is 10.1. The summed E-state index contributed by atoms with van der Waals surface area (Å²) in [6.45, 7) is 2.55. The van der Waals surface area contributed by atoms with Crippen LogP contribution >= 0.6 is 23.1 Å². The topological polar surface area (TPSA) is 110 Å². The molecule has 0 aliphatic rings. The second-order valence-electron chi connectivity index (χ2n) is 4.73. The summed E-state index contributed by atoms with van der Waals surface area (Å²) in [4.78, 5) is 21.9. The minimum absolute atomic E-state index is 0.126. The molecular weight excluding hydrogens is 395 g/mol. The highest BCUT2D eigenvalue weighted by atomic mass is 32.2. The maximum absolute atomic E-state index is 12.7. The summed E-state index contributed by atoms with van der Waals surface area (Å²) in [6.07, 6.45) is -4.72. The quantitative estimate of drug-likeness (QED) is 0.410. The van der Waals surface area contributed by atoms with E-state index in [9.17, 15) is 28.1 Å². The molecule has 0 aliphatic heterocycles. The monoisotopic (exact) mass is 407 g/mol. The average Bonchev–Trinajstić information content (AvgIpc) is 3.00. The van der Waals surface area contributed by atoms with Crippen molar-refractivity contribution in [1.82, 2.24) is 10.2 Å². The molecule has 1 amide bonds. The Balaban J connectivity index is 2.04. The molecule has 1 aromatic carbocycles. The number of carbonyl (C=O) groups excluding carboxylic acids is 1. The van der Waals surface area contributed by atoms with Gasteiger partial charge in [-0.25, -0.2) is 0 Å². The molecule has 2 N–H and O–H groups in total. The first-order chi connectivity index (χ1) is 12.2. The van der Waals surface area contributed by atoms with Gasteiger partial charge >= 0.3 is 6.18 Å². The van der Waals surface area contributed by atoms with Crippen molar-refractivity contribution < 1.29 is 22.9 Å². The zero-order valence-electron chi connectivity index (χ0n) is 13.2. The molecule has 0 atom stereocenters. The van der Waals surface area contributed by atoms with Gasteiger partial charge in [-0.3, -0.25) is 14.9 Å². The van der Waals surface area contributed by atoms with Crippen LogP contribution in [0.5, 0.6) is 0 Å². The van der Waals surface area contributed by atoms with Crippen molar-refractivity contribution in [2.24, 2.45) is 0 Å². The van der Waals surface area contributed by atoms with Gasteiger partial charge in [-0.1, -0.05) is 23.1 Å². The van der Waals surface area contributed by atoms with Crippen molar-refractivity contribution in [3.63, 3.8) is 0 Å². The lowest BCUT2D eigenvalue weighted by Crippen LogP contribution is -2.16. The molecule has 0 fully saturated rings. The number of thioether (sulfide) groups is 1. The van der Waals surface area contributed by atoms with Gasteiger partial charge in [0.05, 0.1) is 16.2 Å². The van der Waals surface area contributed by atoms with E-state index in [-0.39, 0.29) is 11.4 Å². The Hall–Kier alpha value is -2.41. The molecule has 2 rings (SSSR count). The van der Waals surface area contributed by atoms with E-state index in [1.54, 1.807) is 0 Å². The number of carbonyl (C=O) groups is 1. The van der Waals surface area contributed by atoms with Gasteiger partial charge in [0.25, 0.3) is 5.69 Å². The van der Waals surface area contributed by atoms with E-state index in [0.29, 0.717) is 28.1 Å². The molecular formula is C13H12F3N5O3S2. The van der Waals surface area contributed by atoms with E-state index in [1.165, 1.54) is 11.3 Å². The van der Waals surface area contributed by atoms with Crippen molar-refractivity contribution in [2.75, 3.05) is 22.9 Å². The maximum atomic E-state index is 12.7. The highest BCUT2D eigenvalue weighted by Gasteiger charge is 2.33. The van der Waals surface area contributed by atoms with Gasteiger partial charge < -0.3 is 10.6 Å². The standard InChI is InChI=1S/C13H12F3N5O3S2/c1-2-17-11-19-20-12(26-11)25-6-10(22)18-8-4-3-7(13(14,15)16)5-9(8)21(23)24/h3-5H,2,6H2,1H3,(H,17,19)(H,18,22). The Kier molecular flexibility index (Phi) is 6.37. The predicted molar refractivity (Wildman–Crippen MR) is 91.5 cm³/mol. The van der Waals surface area contributed by atoms with Crippen LogP contribution in [0.2, 0.25) is 0 Å². The smallest absolute Gasteiger partial charge is 0.360 e.